The molecular weight excluding hydrogens is 274 g/mol. The van der Waals surface area contributed by atoms with Crippen molar-refractivity contribution >= 4 is 27.3 Å². The Kier molecular flexibility index (Phi) is 3.64. The smallest absolute Gasteiger partial charge is 0.253 e. The largest absolute Gasteiger partial charge is 0.336 e. The normalized spacial score (nSPS) is 16.4. The minimum Gasteiger partial charge on any atom is -0.336 e. The topological polar surface area (TPSA) is 54.5 Å². The van der Waals surface area contributed by atoms with E-state index in [2.05, 4.69) is 0 Å². The minimum atomic E-state index is -3.03. The lowest BCUT2D eigenvalue weighted by Gasteiger charge is -2.38. The molecule has 98 valence electrons. The molecule has 18 heavy (non-hydrogen) atoms. The summed E-state index contributed by atoms with van der Waals surface area (Å²) in [4.78, 5) is 13.5. The molecule has 1 aliphatic rings. The van der Waals surface area contributed by atoms with Gasteiger partial charge in [0.2, 0.25) is 0 Å². The molecule has 1 aromatic rings. The van der Waals surface area contributed by atoms with Gasteiger partial charge in [0.15, 0.2) is 9.84 Å². The van der Waals surface area contributed by atoms with Crippen molar-refractivity contribution in [2.75, 3.05) is 18.8 Å². The van der Waals surface area contributed by atoms with Crippen LogP contribution in [0.3, 0.4) is 0 Å². The van der Waals surface area contributed by atoms with Gasteiger partial charge in [-0.15, -0.1) is 0 Å². The van der Waals surface area contributed by atoms with Gasteiger partial charge in [-0.05, 0) is 24.3 Å². The van der Waals surface area contributed by atoms with E-state index >= 15 is 0 Å². The molecule has 0 atom stereocenters. The Hall–Kier alpha value is -1.07. The van der Waals surface area contributed by atoms with Crippen LogP contribution >= 0.6 is 11.6 Å². The first kappa shape index (κ1) is 13.4. The SMILES string of the molecule is CCS(=O)(=O)C1CN(C(=O)c2ccc(Cl)cc2)C1. The number of carbonyl (C=O) groups is 1. The Balaban J connectivity index is 2.01. The maximum atomic E-state index is 12.0. The minimum absolute atomic E-state index is 0.126. The van der Waals surface area contributed by atoms with Crippen molar-refractivity contribution in [1.29, 1.82) is 0 Å². The molecule has 0 radical (unpaired) electrons. The molecule has 0 unspecified atom stereocenters. The molecular formula is C12H14ClNO3S. The predicted molar refractivity (Wildman–Crippen MR) is 70.6 cm³/mol. The van der Waals surface area contributed by atoms with Gasteiger partial charge < -0.3 is 4.90 Å². The van der Waals surface area contributed by atoms with E-state index in [1.807, 2.05) is 0 Å². The Labute approximate surface area is 111 Å². The van der Waals surface area contributed by atoms with Crippen LogP contribution in [-0.2, 0) is 9.84 Å². The fourth-order valence-corrected chi connectivity index (χ4v) is 3.25. The second-order valence-electron chi connectivity index (χ2n) is 4.29. The van der Waals surface area contributed by atoms with Crippen LogP contribution in [0.15, 0.2) is 24.3 Å². The number of benzene rings is 1. The Morgan fingerprint density at radius 2 is 1.89 bits per heavy atom. The summed E-state index contributed by atoms with van der Waals surface area (Å²) < 4.78 is 23.2. The van der Waals surface area contributed by atoms with Crippen molar-refractivity contribution in [1.82, 2.24) is 4.90 Å². The number of sulfone groups is 1. The third-order valence-electron chi connectivity index (χ3n) is 3.14. The quantitative estimate of drug-likeness (QED) is 0.848. The maximum absolute atomic E-state index is 12.0. The molecule has 6 heteroatoms. The van der Waals surface area contributed by atoms with Crippen molar-refractivity contribution in [2.45, 2.75) is 12.2 Å². The van der Waals surface area contributed by atoms with Gasteiger partial charge in [0.25, 0.3) is 5.91 Å². The van der Waals surface area contributed by atoms with Gasteiger partial charge in [-0.1, -0.05) is 18.5 Å². The molecule has 1 aliphatic heterocycles. The molecule has 0 N–H and O–H groups in total. The molecule has 1 saturated heterocycles. The second kappa shape index (κ2) is 4.90. The number of rotatable bonds is 3. The van der Waals surface area contributed by atoms with Gasteiger partial charge in [0.1, 0.15) is 0 Å². The van der Waals surface area contributed by atoms with Gasteiger partial charge in [-0.25, -0.2) is 8.42 Å². The monoisotopic (exact) mass is 287 g/mol. The van der Waals surface area contributed by atoms with E-state index in [1.165, 1.54) is 0 Å². The molecule has 0 aliphatic carbocycles. The predicted octanol–water partition coefficient (Wildman–Crippen LogP) is 1.60. The summed E-state index contributed by atoms with van der Waals surface area (Å²) in [6.45, 7) is 2.20. The van der Waals surface area contributed by atoms with Crippen molar-refractivity contribution in [3.8, 4) is 0 Å². The average Bonchev–Trinajstić information content (AvgIpc) is 2.27. The lowest BCUT2D eigenvalue weighted by atomic mass is 10.1. The summed E-state index contributed by atoms with van der Waals surface area (Å²) in [5, 5.41) is 0.167. The molecule has 2 rings (SSSR count). The Bertz CT molecular complexity index is 547. The highest BCUT2D eigenvalue weighted by atomic mass is 35.5. The van der Waals surface area contributed by atoms with Crippen molar-refractivity contribution in [2.24, 2.45) is 0 Å². The van der Waals surface area contributed by atoms with Crippen LogP contribution in [0.25, 0.3) is 0 Å². The average molecular weight is 288 g/mol. The molecule has 0 bridgehead atoms. The number of nitrogens with zero attached hydrogens (tertiary/aromatic N) is 1. The zero-order chi connectivity index (χ0) is 13.3. The van der Waals surface area contributed by atoms with E-state index in [4.69, 9.17) is 11.6 Å². The Morgan fingerprint density at radius 3 is 2.39 bits per heavy atom. The van der Waals surface area contributed by atoms with E-state index in [0.717, 1.165) is 0 Å². The highest BCUT2D eigenvalue weighted by Crippen LogP contribution is 2.20. The van der Waals surface area contributed by atoms with Gasteiger partial charge in [-0.2, -0.15) is 0 Å². The third-order valence-corrected chi connectivity index (χ3v) is 5.51. The summed E-state index contributed by atoms with van der Waals surface area (Å²) in [6, 6.07) is 6.59. The lowest BCUT2D eigenvalue weighted by molar-refractivity contribution is 0.0659. The van der Waals surface area contributed by atoms with E-state index < -0.39 is 15.1 Å². The molecule has 0 aromatic heterocycles. The lowest BCUT2D eigenvalue weighted by Crippen LogP contribution is -2.57. The molecule has 1 fully saturated rings. The van der Waals surface area contributed by atoms with Crippen LogP contribution in [-0.4, -0.2) is 43.3 Å². The molecule has 0 saturated carbocycles. The summed E-state index contributed by atoms with van der Waals surface area (Å²) in [7, 11) is -3.03. The number of likely N-dealkylation sites (tertiary alicyclic amines) is 1. The van der Waals surface area contributed by atoms with Crippen LogP contribution in [0.1, 0.15) is 17.3 Å². The van der Waals surface area contributed by atoms with E-state index in [0.29, 0.717) is 10.6 Å². The van der Waals surface area contributed by atoms with Crippen LogP contribution in [0.4, 0.5) is 0 Å². The number of halogens is 1. The highest BCUT2D eigenvalue weighted by molar-refractivity contribution is 7.92. The zero-order valence-corrected chi connectivity index (χ0v) is 11.5. The van der Waals surface area contributed by atoms with Gasteiger partial charge >= 0.3 is 0 Å². The summed E-state index contributed by atoms with van der Waals surface area (Å²) in [5.74, 6) is -0.0186. The summed E-state index contributed by atoms with van der Waals surface area (Å²) in [6.07, 6.45) is 0. The molecule has 1 amide bonds. The van der Waals surface area contributed by atoms with E-state index in [-0.39, 0.29) is 24.7 Å². The van der Waals surface area contributed by atoms with Crippen LogP contribution in [0.5, 0.6) is 0 Å². The fraction of sp³-hybridized carbons (Fsp3) is 0.417. The zero-order valence-electron chi connectivity index (χ0n) is 9.97. The summed E-state index contributed by atoms with van der Waals surface area (Å²) >= 11 is 5.74. The van der Waals surface area contributed by atoms with Crippen molar-refractivity contribution < 1.29 is 13.2 Å². The van der Waals surface area contributed by atoms with Crippen LogP contribution in [0, 0.1) is 0 Å². The molecule has 0 spiro atoms. The van der Waals surface area contributed by atoms with Crippen LogP contribution in [0.2, 0.25) is 5.02 Å². The first-order chi connectivity index (χ1) is 8.44. The van der Waals surface area contributed by atoms with Crippen molar-refractivity contribution in [3.05, 3.63) is 34.9 Å². The standard InChI is InChI=1S/C12H14ClNO3S/c1-2-18(16,17)11-7-14(8-11)12(15)9-3-5-10(13)6-4-9/h3-6,11H,2,7-8H2,1H3. The van der Waals surface area contributed by atoms with Crippen LogP contribution < -0.4 is 0 Å². The first-order valence-corrected chi connectivity index (χ1v) is 7.80. The summed E-state index contributed by atoms with van der Waals surface area (Å²) in [5.41, 5.74) is 0.534. The Morgan fingerprint density at radius 1 is 1.33 bits per heavy atom. The number of carbonyl (C=O) groups excluding carboxylic acids is 1. The van der Waals surface area contributed by atoms with Gasteiger partial charge in [0.05, 0.1) is 5.25 Å². The highest BCUT2D eigenvalue weighted by Gasteiger charge is 2.38. The molecule has 1 heterocycles. The van der Waals surface area contributed by atoms with Gasteiger partial charge in [0, 0.05) is 29.4 Å². The second-order valence-corrected chi connectivity index (χ2v) is 7.30. The van der Waals surface area contributed by atoms with Gasteiger partial charge in [-0.3, -0.25) is 4.79 Å². The maximum Gasteiger partial charge on any atom is 0.253 e. The number of amides is 1. The first-order valence-electron chi connectivity index (χ1n) is 5.70. The number of hydrogen-bond acceptors (Lipinski definition) is 3. The van der Waals surface area contributed by atoms with E-state index in [9.17, 15) is 13.2 Å². The molecule has 4 nitrogen and oxygen atoms in total. The fourth-order valence-electron chi connectivity index (χ4n) is 1.84. The number of hydrogen-bond donors (Lipinski definition) is 0. The molecule has 1 aromatic carbocycles. The van der Waals surface area contributed by atoms with E-state index in [1.54, 1.807) is 36.1 Å². The van der Waals surface area contributed by atoms with Crippen molar-refractivity contribution in [3.63, 3.8) is 0 Å². The third kappa shape index (κ3) is 2.52.